The van der Waals surface area contributed by atoms with Crippen LogP contribution in [0.2, 0.25) is 0 Å². The van der Waals surface area contributed by atoms with Crippen LogP contribution < -0.4 is 5.32 Å². The van der Waals surface area contributed by atoms with Gasteiger partial charge < -0.3 is 5.32 Å². The molecule has 1 rings (SSSR count). The van der Waals surface area contributed by atoms with Crippen molar-refractivity contribution in [2.24, 2.45) is 5.92 Å². The molecule has 0 aliphatic rings. The maximum Gasteiger partial charge on any atom is 0.141 e. The van der Waals surface area contributed by atoms with E-state index in [2.05, 4.69) is 24.1 Å². The highest BCUT2D eigenvalue weighted by atomic mass is 19.1. The van der Waals surface area contributed by atoms with E-state index in [-0.39, 0.29) is 5.82 Å². The molecule has 0 saturated heterocycles. The molecule has 1 aromatic heterocycles. The molecule has 1 unspecified atom stereocenters. The summed E-state index contributed by atoms with van der Waals surface area (Å²) in [4.78, 5) is 3.84. The highest BCUT2D eigenvalue weighted by molar-refractivity contribution is 5.10. The van der Waals surface area contributed by atoms with Crippen molar-refractivity contribution in [1.82, 2.24) is 10.3 Å². The number of aromatic nitrogens is 1. The van der Waals surface area contributed by atoms with Crippen LogP contribution >= 0.6 is 0 Å². The molecular weight excluding hydrogens is 191 g/mol. The van der Waals surface area contributed by atoms with Crippen LogP contribution in [-0.2, 0) is 6.42 Å². The molecule has 1 aromatic rings. The van der Waals surface area contributed by atoms with Gasteiger partial charge in [-0.15, -0.1) is 0 Å². The summed E-state index contributed by atoms with van der Waals surface area (Å²) in [6.45, 7) is 6.33. The van der Waals surface area contributed by atoms with Crippen molar-refractivity contribution in [3.8, 4) is 0 Å². The van der Waals surface area contributed by atoms with Crippen LogP contribution in [0.1, 0.15) is 25.8 Å². The smallest absolute Gasteiger partial charge is 0.141 e. The Morgan fingerprint density at radius 2 is 2.27 bits per heavy atom. The third-order valence-electron chi connectivity index (χ3n) is 2.27. The van der Waals surface area contributed by atoms with E-state index < -0.39 is 0 Å². The minimum atomic E-state index is -0.249. The van der Waals surface area contributed by atoms with Crippen LogP contribution in [0.25, 0.3) is 0 Å². The van der Waals surface area contributed by atoms with Crippen LogP contribution in [0.15, 0.2) is 18.5 Å². The molecule has 1 N–H and O–H groups in total. The second-order valence-electron chi connectivity index (χ2n) is 4.02. The standard InChI is InChI=1S/C12H19FN2/c1-3-4-14-7-10(2)5-11-6-12(13)9-15-8-11/h6,8-10,14H,3-5,7H2,1-2H3. The molecule has 1 atom stereocenters. The Bertz CT molecular complexity index is 289. The van der Waals surface area contributed by atoms with E-state index in [1.807, 2.05) is 0 Å². The second-order valence-corrected chi connectivity index (χ2v) is 4.02. The second kappa shape index (κ2) is 6.51. The maximum absolute atomic E-state index is 12.8. The Labute approximate surface area is 90.9 Å². The fourth-order valence-electron chi connectivity index (χ4n) is 1.57. The summed E-state index contributed by atoms with van der Waals surface area (Å²) in [5.41, 5.74) is 0.973. The van der Waals surface area contributed by atoms with Gasteiger partial charge in [0.25, 0.3) is 0 Å². The van der Waals surface area contributed by atoms with Crippen molar-refractivity contribution < 1.29 is 4.39 Å². The predicted octanol–water partition coefficient (Wildman–Crippen LogP) is 2.40. The lowest BCUT2D eigenvalue weighted by Crippen LogP contribution is -2.23. The molecule has 0 saturated carbocycles. The average molecular weight is 210 g/mol. The Kier molecular flexibility index (Phi) is 5.26. The summed E-state index contributed by atoms with van der Waals surface area (Å²) in [5.74, 6) is 0.265. The SMILES string of the molecule is CCCNCC(C)Cc1cncc(F)c1. The molecule has 3 heteroatoms. The molecule has 15 heavy (non-hydrogen) atoms. The van der Waals surface area contributed by atoms with Gasteiger partial charge in [-0.2, -0.15) is 0 Å². The molecule has 2 nitrogen and oxygen atoms in total. The Balaban J connectivity index is 2.34. The van der Waals surface area contributed by atoms with Crippen LogP contribution in [0, 0.1) is 11.7 Å². The van der Waals surface area contributed by atoms with E-state index in [0.717, 1.165) is 31.5 Å². The molecule has 0 bridgehead atoms. The lowest BCUT2D eigenvalue weighted by atomic mass is 10.0. The number of nitrogens with one attached hydrogen (secondary N) is 1. The van der Waals surface area contributed by atoms with Gasteiger partial charge in [-0.1, -0.05) is 13.8 Å². The maximum atomic E-state index is 12.8. The zero-order valence-electron chi connectivity index (χ0n) is 9.46. The van der Waals surface area contributed by atoms with Gasteiger partial charge in [0.2, 0.25) is 0 Å². The molecule has 0 aliphatic heterocycles. The number of halogens is 1. The van der Waals surface area contributed by atoms with E-state index in [4.69, 9.17) is 0 Å². The minimum absolute atomic E-state index is 0.249. The minimum Gasteiger partial charge on any atom is -0.316 e. The zero-order chi connectivity index (χ0) is 11.1. The van der Waals surface area contributed by atoms with Gasteiger partial charge in [-0.3, -0.25) is 4.98 Å². The van der Waals surface area contributed by atoms with Crippen molar-refractivity contribution >= 4 is 0 Å². The van der Waals surface area contributed by atoms with Crippen molar-refractivity contribution in [1.29, 1.82) is 0 Å². The van der Waals surface area contributed by atoms with Gasteiger partial charge >= 0.3 is 0 Å². The molecular formula is C12H19FN2. The topological polar surface area (TPSA) is 24.9 Å². The first-order valence-electron chi connectivity index (χ1n) is 5.52. The van der Waals surface area contributed by atoms with Gasteiger partial charge in [-0.05, 0) is 43.5 Å². The summed E-state index contributed by atoms with van der Waals surface area (Å²) in [6, 6.07) is 1.56. The third kappa shape index (κ3) is 4.88. The molecule has 84 valence electrons. The quantitative estimate of drug-likeness (QED) is 0.729. The first-order valence-corrected chi connectivity index (χ1v) is 5.52. The number of hydrogen-bond donors (Lipinski definition) is 1. The monoisotopic (exact) mass is 210 g/mol. The number of hydrogen-bond acceptors (Lipinski definition) is 2. The van der Waals surface area contributed by atoms with E-state index >= 15 is 0 Å². The van der Waals surface area contributed by atoms with Crippen molar-refractivity contribution in [2.75, 3.05) is 13.1 Å². The van der Waals surface area contributed by atoms with Crippen molar-refractivity contribution in [3.05, 3.63) is 29.8 Å². The summed E-state index contributed by atoms with van der Waals surface area (Å²) in [7, 11) is 0. The largest absolute Gasteiger partial charge is 0.316 e. The third-order valence-corrected chi connectivity index (χ3v) is 2.27. The van der Waals surface area contributed by atoms with Gasteiger partial charge in [0, 0.05) is 6.20 Å². The van der Waals surface area contributed by atoms with Crippen molar-refractivity contribution in [2.45, 2.75) is 26.7 Å². The van der Waals surface area contributed by atoms with Crippen molar-refractivity contribution in [3.63, 3.8) is 0 Å². The number of nitrogens with zero attached hydrogens (tertiary/aromatic N) is 1. The summed E-state index contributed by atoms with van der Waals surface area (Å²) >= 11 is 0. The van der Waals surface area contributed by atoms with E-state index in [9.17, 15) is 4.39 Å². The van der Waals surface area contributed by atoms with Crippen LogP contribution in [0.5, 0.6) is 0 Å². The highest BCUT2D eigenvalue weighted by Gasteiger charge is 2.04. The lowest BCUT2D eigenvalue weighted by Gasteiger charge is -2.11. The Morgan fingerprint density at radius 1 is 1.47 bits per heavy atom. The zero-order valence-corrected chi connectivity index (χ0v) is 9.46. The van der Waals surface area contributed by atoms with Gasteiger partial charge in [-0.25, -0.2) is 4.39 Å². The molecule has 0 radical (unpaired) electrons. The number of rotatable bonds is 6. The fourth-order valence-corrected chi connectivity index (χ4v) is 1.57. The molecule has 0 amide bonds. The van der Waals surface area contributed by atoms with Crippen LogP contribution in [0.4, 0.5) is 4.39 Å². The predicted molar refractivity (Wildman–Crippen MR) is 60.2 cm³/mol. The highest BCUT2D eigenvalue weighted by Crippen LogP contribution is 2.07. The number of pyridine rings is 1. The molecule has 0 spiro atoms. The van der Waals surface area contributed by atoms with E-state index in [0.29, 0.717) is 5.92 Å². The molecule has 1 heterocycles. The fraction of sp³-hybridized carbons (Fsp3) is 0.583. The van der Waals surface area contributed by atoms with Crippen LogP contribution in [-0.4, -0.2) is 18.1 Å². The Hall–Kier alpha value is -0.960. The van der Waals surface area contributed by atoms with Gasteiger partial charge in [0.05, 0.1) is 6.20 Å². The van der Waals surface area contributed by atoms with E-state index in [1.54, 1.807) is 12.3 Å². The van der Waals surface area contributed by atoms with E-state index in [1.165, 1.54) is 6.20 Å². The first-order chi connectivity index (χ1) is 7.22. The Morgan fingerprint density at radius 3 is 2.93 bits per heavy atom. The van der Waals surface area contributed by atoms with Gasteiger partial charge in [0.1, 0.15) is 5.82 Å². The first kappa shape index (κ1) is 12.1. The summed E-state index contributed by atoms with van der Waals surface area (Å²) < 4.78 is 12.8. The summed E-state index contributed by atoms with van der Waals surface area (Å²) in [6.07, 6.45) is 5.00. The average Bonchev–Trinajstić information content (AvgIpc) is 2.18. The normalized spacial score (nSPS) is 12.7. The van der Waals surface area contributed by atoms with Gasteiger partial charge in [0.15, 0.2) is 0 Å². The lowest BCUT2D eigenvalue weighted by molar-refractivity contribution is 0.508. The molecule has 0 fully saturated rings. The molecule has 0 aromatic carbocycles. The van der Waals surface area contributed by atoms with Crippen LogP contribution in [0.3, 0.4) is 0 Å². The summed E-state index contributed by atoms with van der Waals surface area (Å²) in [5, 5.41) is 3.36. The molecule has 0 aliphatic carbocycles.